The molecule has 7 fully saturated rings. The Balaban J connectivity index is 1.11. The zero-order valence-electron chi connectivity index (χ0n) is 16.2. The van der Waals surface area contributed by atoms with Gasteiger partial charge in [0.1, 0.15) is 11.4 Å². The van der Waals surface area contributed by atoms with E-state index < -0.39 is 5.60 Å². The minimum absolute atomic E-state index is 0.0551. The van der Waals surface area contributed by atoms with Gasteiger partial charge < -0.3 is 15.0 Å². The summed E-state index contributed by atoms with van der Waals surface area (Å²) in [6, 6.07) is 0.0551. The van der Waals surface area contributed by atoms with E-state index in [0.717, 1.165) is 12.8 Å². The Kier molecular flexibility index (Phi) is 2.84. The number of piperidine rings is 1. The molecule has 6 nitrogen and oxygen atoms in total. The third-order valence-corrected chi connectivity index (χ3v) is 8.74. The molecule has 2 amide bonds. The van der Waals surface area contributed by atoms with Gasteiger partial charge in [0, 0.05) is 31.0 Å². The first-order valence-corrected chi connectivity index (χ1v) is 10.6. The second-order valence-corrected chi connectivity index (χ2v) is 10.7. The highest BCUT2D eigenvalue weighted by Crippen LogP contribution is 2.93. The molecule has 4 bridgehead atoms. The van der Waals surface area contributed by atoms with Gasteiger partial charge in [-0.25, -0.2) is 4.79 Å². The lowest BCUT2D eigenvalue weighted by Gasteiger charge is -2.71. The van der Waals surface area contributed by atoms with Gasteiger partial charge in [-0.15, -0.1) is 0 Å². The quantitative estimate of drug-likeness (QED) is 0.802. The minimum Gasteiger partial charge on any atom is -0.444 e. The number of Topliss-reactive ketones (excluding diaryl/α,β-unsaturated/α-hetero) is 1. The number of likely N-dealkylation sites (tertiary alicyclic amines) is 1. The van der Waals surface area contributed by atoms with Crippen LogP contribution in [0.3, 0.4) is 0 Å². The second-order valence-electron chi connectivity index (χ2n) is 10.7. The van der Waals surface area contributed by atoms with Crippen molar-refractivity contribution in [2.24, 2.45) is 46.8 Å². The van der Waals surface area contributed by atoms with Crippen molar-refractivity contribution in [3.8, 4) is 0 Å². The van der Waals surface area contributed by atoms with Crippen LogP contribution in [0.4, 0.5) is 4.79 Å². The first-order chi connectivity index (χ1) is 12.7. The average molecular weight is 372 g/mol. The average Bonchev–Trinajstić information content (AvgIpc) is 3.08. The number of carbonyl (C=O) groups is 3. The Labute approximate surface area is 159 Å². The number of hydrogen-bond acceptors (Lipinski definition) is 4. The highest BCUT2D eigenvalue weighted by molar-refractivity contribution is 6.04. The number of amides is 2. The smallest absolute Gasteiger partial charge is 0.407 e. The van der Waals surface area contributed by atoms with Crippen molar-refractivity contribution in [2.45, 2.75) is 51.7 Å². The maximum Gasteiger partial charge on any atom is 0.407 e. The number of carbonyl (C=O) groups excluding carboxylic acids is 3. The van der Waals surface area contributed by atoms with Gasteiger partial charge >= 0.3 is 6.09 Å². The zero-order valence-corrected chi connectivity index (χ0v) is 16.2. The van der Waals surface area contributed by atoms with Crippen molar-refractivity contribution >= 4 is 17.8 Å². The van der Waals surface area contributed by atoms with Crippen molar-refractivity contribution in [3.05, 3.63) is 0 Å². The molecule has 27 heavy (non-hydrogen) atoms. The fraction of sp³-hybridized carbons (Fsp3) is 0.857. The third-order valence-electron chi connectivity index (χ3n) is 8.74. The zero-order chi connectivity index (χ0) is 18.9. The number of ether oxygens (including phenoxy) is 1. The molecule has 0 aromatic heterocycles. The van der Waals surface area contributed by atoms with Crippen LogP contribution in [0.1, 0.15) is 40.0 Å². The fourth-order valence-electron chi connectivity index (χ4n) is 8.37. The maximum atomic E-state index is 13.5. The van der Waals surface area contributed by atoms with Crippen molar-refractivity contribution in [3.63, 3.8) is 0 Å². The van der Waals surface area contributed by atoms with Crippen LogP contribution in [0.2, 0.25) is 0 Å². The summed E-state index contributed by atoms with van der Waals surface area (Å²) >= 11 is 0. The molecular weight excluding hydrogens is 344 g/mol. The maximum absolute atomic E-state index is 13.5. The summed E-state index contributed by atoms with van der Waals surface area (Å²) in [6.07, 6.45) is 2.35. The summed E-state index contributed by atoms with van der Waals surface area (Å²) in [7, 11) is 0. The summed E-state index contributed by atoms with van der Waals surface area (Å²) in [4.78, 5) is 40.2. The van der Waals surface area contributed by atoms with Gasteiger partial charge in [-0.1, -0.05) is 0 Å². The number of rotatable bonds is 2. The fourth-order valence-corrected chi connectivity index (χ4v) is 8.37. The Morgan fingerprint density at radius 2 is 1.85 bits per heavy atom. The summed E-state index contributed by atoms with van der Waals surface area (Å²) in [5, 5.41) is 2.94. The standard InChI is InChI=1S/C21H28N2O4/c1-20(2,3)27-19(26)22-9-4-6-23(7-5-9)18(25)21-14-11-8-10-12(14)16(21)17(24)13(10)15(11)21/h9-16H,4-8H2,1-3H3,(H,22,26)/t10-,11+,12+,13-,14-,15-,16+,21-/m0/s1. The van der Waals surface area contributed by atoms with Crippen LogP contribution in [0.25, 0.3) is 0 Å². The Morgan fingerprint density at radius 3 is 2.48 bits per heavy atom. The number of hydrogen-bond donors (Lipinski definition) is 1. The summed E-state index contributed by atoms with van der Waals surface area (Å²) < 4.78 is 5.33. The lowest BCUT2D eigenvalue weighted by atomic mass is 9.31. The van der Waals surface area contributed by atoms with Crippen LogP contribution in [-0.4, -0.2) is 47.4 Å². The van der Waals surface area contributed by atoms with E-state index in [4.69, 9.17) is 4.74 Å². The van der Waals surface area contributed by atoms with Crippen molar-refractivity contribution < 1.29 is 19.1 Å². The summed E-state index contributed by atoms with van der Waals surface area (Å²) in [5.74, 6) is 3.72. The van der Waals surface area contributed by atoms with Crippen LogP contribution in [-0.2, 0) is 14.3 Å². The van der Waals surface area contributed by atoms with Crippen LogP contribution in [0.5, 0.6) is 0 Å². The van der Waals surface area contributed by atoms with Crippen LogP contribution < -0.4 is 5.32 Å². The lowest BCUT2D eigenvalue weighted by molar-refractivity contribution is -0.256. The molecule has 0 aromatic carbocycles. The molecule has 6 heteroatoms. The van der Waals surface area contributed by atoms with Gasteiger partial charge in [-0.3, -0.25) is 9.59 Å². The van der Waals surface area contributed by atoms with Crippen LogP contribution in [0.15, 0.2) is 0 Å². The largest absolute Gasteiger partial charge is 0.444 e. The first-order valence-electron chi connectivity index (χ1n) is 10.6. The highest BCUT2D eigenvalue weighted by atomic mass is 16.6. The Bertz CT molecular complexity index is 765. The molecule has 0 unspecified atom stereocenters. The summed E-state index contributed by atoms with van der Waals surface area (Å²) in [6.45, 7) is 6.90. The topological polar surface area (TPSA) is 75.7 Å². The van der Waals surface area contributed by atoms with E-state index >= 15 is 0 Å². The molecule has 146 valence electrons. The molecule has 0 aromatic rings. The molecule has 6 aliphatic carbocycles. The van der Waals surface area contributed by atoms with E-state index in [-0.39, 0.29) is 35.3 Å². The van der Waals surface area contributed by atoms with E-state index in [1.54, 1.807) is 0 Å². The van der Waals surface area contributed by atoms with E-state index in [0.29, 0.717) is 48.5 Å². The van der Waals surface area contributed by atoms with Gasteiger partial charge in [0.2, 0.25) is 5.91 Å². The number of nitrogens with one attached hydrogen (secondary N) is 1. The molecule has 1 heterocycles. The van der Waals surface area contributed by atoms with Gasteiger partial charge in [0.15, 0.2) is 0 Å². The molecule has 1 N–H and O–H groups in total. The monoisotopic (exact) mass is 372 g/mol. The van der Waals surface area contributed by atoms with E-state index in [2.05, 4.69) is 5.32 Å². The van der Waals surface area contributed by atoms with Crippen molar-refractivity contribution in [2.75, 3.05) is 13.1 Å². The highest BCUT2D eigenvalue weighted by Gasteiger charge is 2.96. The molecule has 1 aliphatic heterocycles. The Morgan fingerprint density at radius 1 is 1.15 bits per heavy atom. The summed E-state index contributed by atoms with van der Waals surface area (Å²) in [5.41, 5.74) is -0.799. The number of nitrogens with zero attached hydrogens (tertiary/aromatic N) is 1. The van der Waals surface area contributed by atoms with Gasteiger partial charge in [-0.2, -0.15) is 0 Å². The van der Waals surface area contributed by atoms with E-state index in [1.807, 2.05) is 25.7 Å². The van der Waals surface area contributed by atoms with Crippen LogP contribution in [0, 0.1) is 46.8 Å². The Hall–Kier alpha value is -1.59. The molecule has 7 rings (SSSR count). The molecule has 0 spiro atoms. The first kappa shape index (κ1) is 16.4. The van der Waals surface area contributed by atoms with Crippen molar-refractivity contribution in [1.29, 1.82) is 0 Å². The lowest BCUT2D eigenvalue weighted by Crippen LogP contribution is -2.76. The van der Waals surface area contributed by atoms with Gasteiger partial charge in [-0.05, 0) is 69.6 Å². The van der Waals surface area contributed by atoms with Crippen LogP contribution >= 0.6 is 0 Å². The molecule has 1 saturated heterocycles. The van der Waals surface area contributed by atoms with E-state index in [9.17, 15) is 14.4 Å². The SMILES string of the molecule is CC(C)(C)OC(=O)NC1CCN(C(=O)[C@@]23[C@H]4[C@@H]5C[C@@H]6[C@@H]4C(=O)[C@H]2[C@H]6[C@H]53)CC1. The molecule has 7 aliphatic rings. The van der Waals surface area contributed by atoms with Gasteiger partial charge in [0.25, 0.3) is 0 Å². The number of alkyl carbamates (subject to hydrolysis) is 1. The number of ketones is 1. The second kappa shape index (κ2) is 4.69. The predicted octanol–water partition coefficient (Wildman–Crippen LogP) is 1.83. The predicted molar refractivity (Wildman–Crippen MR) is 95.5 cm³/mol. The van der Waals surface area contributed by atoms with Gasteiger partial charge in [0.05, 0.1) is 5.41 Å². The molecule has 0 radical (unpaired) electrons. The molecule has 8 atom stereocenters. The third kappa shape index (κ3) is 1.68. The van der Waals surface area contributed by atoms with Crippen molar-refractivity contribution in [1.82, 2.24) is 10.2 Å². The minimum atomic E-state index is -0.503. The molecular formula is C21H28N2O4. The normalized spacial score (nSPS) is 48.5. The molecule has 6 saturated carbocycles. The van der Waals surface area contributed by atoms with E-state index in [1.165, 1.54) is 6.42 Å².